The van der Waals surface area contributed by atoms with Gasteiger partial charge in [0, 0.05) is 10.6 Å². The maximum absolute atomic E-state index is 11.4. The van der Waals surface area contributed by atoms with Gasteiger partial charge in [-0.1, -0.05) is 29.8 Å². The summed E-state index contributed by atoms with van der Waals surface area (Å²) in [6.45, 7) is 1.95. The summed E-state index contributed by atoms with van der Waals surface area (Å²) in [5, 5.41) is 9.88. The number of benzene rings is 2. The first-order valence-electron chi connectivity index (χ1n) is 5.88. The molecule has 0 aromatic heterocycles. The molecule has 2 aromatic rings. The Bertz CT molecular complexity index is 626. The molecule has 0 aliphatic heterocycles. The van der Waals surface area contributed by atoms with E-state index in [1.54, 1.807) is 30.3 Å². The van der Waals surface area contributed by atoms with E-state index in [1.165, 1.54) is 0 Å². The second kappa shape index (κ2) is 6.29. The molecule has 0 amide bonds. The zero-order chi connectivity index (χ0) is 14.7. The standard InChI is InChI=1S/C15H12BrClO3/c1-9-2-7-13(12(16)8-9)20-14(15(18)19)10-3-5-11(17)6-4-10/h2-8,14H,1H3,(H,18,19). The van der Waals surface area contributed by atoms with E-state index < -0.39 is 12.1 Å². The molecule has 0 aliphatic carbocycles. The molecule has 0 heterocycles. The second-order valence-corrected chi connectivity index (χ2v) is 5.61. The van der Waals surface area contributed by atoms with Gasteiger partial charge in [-0.15, -0.1) is 0 Å². The van der Waals surface area contributed by atoms with Crippen molar-refractivity contribution in [3.63, 3.8) is 0 Å². The van der Waals surface area contributed by atoms with Crippen LogP contribution in [0.3, 0.4) is 0 Å². The zero-order valence-electron chi connectivity index (χ0n) is 10.6. The molecule has 0 saturated carbocycles. The monoisotopic (exact) mass is 354 g/mol. The minimum atomic E-state index is -1.08. The van der Waals surface area contributed by atoms with Crippen molar-refractivity contribution < 1.29 is 14.6 Å². The average Bonchev–Trinajstić information content (AvgIpc) is 2.39. The Morgan fingerprint density at radius 1 is 1.25 bits per heavy atom. The number of carbonyl (C=O) groups is 1. The number of hydrogen-bond acceptors (Lipinski definition) is 2. The van der Waals surface area contributed by atoms with Gasteiger partial charge in [0.05, 0.1) is 4.47 Å². The van der Waals surface area contributed by atoms with Crippen LogP contribution >= 0.6 is 27.5 Å². The SMILES string of the molecule is Cc1ccc(OC(C(=O)O)c2ccc(Cl)cc2)c(Br)c1. The van der Waals surface area contributed by atoms with E-state index in [-0.39, 0.29) is 0 Å². The highest BCUT2D eigenvalue weighted by atomic mass is 79.9. The van der Waals surface area contributed by atoms with Crippen molar-refractivity contribution in [1.29, 1.82) is 0 Å². The molecule has 0 spiro atoms. The quantitative estimate of drug-likeness (QED) is 0.871. The number of carboxylic acids is 1. The molecule has 1 N–H and O–H groups in total. The first-order chi connectivity index (χ1) is 9.47. The summed E-state index contributed by atoms with van der Waals surface area (Å²) >= 11 is 9.17. The zero-order valence-corrected chi connectivity index (χ0v) is 13.0. The average molecular weight is 356 g/mol. The molecular weight excluding hydrogens is 344 g/mol. The largest absolute Gasteiger partial charge is 0.478 e. The lowest BCUT2D eigenvalue weighted by Crippen LogP contribution is -2.18. The number of hydrogen-bond donors (Lipinski definition) is 1. The van der Waals surface area contributed by atoms with Crippen LogP contribution in [0.25, 0.3) is 0 Å². The van der Waals surface area contributed by atoms with E-state index in [2.05, 4.69) is 15.9 Å². The van der Waals surface area contributed by atoms with E-state index in [1.807, 2.05) is 19.1 Å². The van der Waals surface area contributed by atoms with Gasteiger partial charge in [0.1, 0.15) is 5.75 Å². The molecule has 0 radical (unpaired) electrons. The van der Waals surface area contributed by atoms with Gasteiger partial charge in [0.2, 0.25) is 6.10 Å². The highest BCUT2D eigenvalue weighted by Gasteiger charge is 2.22. The van der Waals surface area contributed by atoms with Crippen LogP contribution in [-0.2, 0) is 4.79 Å². The summed E-state index contributed by atoms with van der Waals surface area (Å²) in [5.74, 6) is -0.572. The molecule has 5 heteroatoms. The van der Waals surface area contributed by atoms with Crippen LogP contribution < -0.4 is 4.74 Å². The number of aliphatic carboxylic acids is 1. The Hall–Kier alpha value is -1.52. The first-order valence-corrected chi connectivity index (χ1v) is 7.05. The number of rotatable bonds is 4. The van der Waals surface area contributed by atoms with E-state index in [0.29, 0.717) is 16.3 Å². The molecule has 2 aromatic carbocycles. The Balaban J connectivity index is 2.30. The van der Waals surface area contributed by atoms with Crippen molar-refractivity contribution in [2.45, 2.75) is 13.0 Å². The smallest absolute Gasteiger partial charge is 0.349 e. The van der Waals surface area contributed by atoms with Gasteiger partial charge in [0.25, 0.3) is 0 Å². The first kappa shape index (κ1) is 14.9. The molecule has 3 nitrogen and oxygen atoms in total. The van der Waals surface area contributed by atoms with Gasteiger partial charge in [-0.05, 0) is 52.7 Å². The number of halogens is 2. The predicted molar refractivity (Wildman–Crippen MR) is 81.3 cm³/mol. The van der Waals surface area contributed by atoms with Crippen molar-refractivity contribution in [2.24, 2.45) is 0 Å². The molecule has 104 valence electrons. The topological polar surface area (TPSA) is 46.5 Å². The highest BCUT2D eigenvalue weighted by Crippen LogP contribution is 2.30. The lowest BCUT2D eigenvalue weighted by molar-refractivity contribution is -0.145. The van der Waals surface area contributed by atoms with Crippen molar-refractivity contribution >= 4 is 33.5 Å². The Kier molecular flexibility index (Phi) is 4.68. The Morgan fingerprint density at radius 3 is 2.45 bits per heavy atom. The van der Waals surface area contributed by atoms with Crippen LogP contribution in [0.2, 0.25) is 5.02 Å². The molecule has 0 aliphatic rings. The summed E-state index contributed by atoms with van der Waals surface area (Å²) in [6, 6.07) is 12.0. The fraction of sp³-hybridized carbons (Fsp3) is 0.133. The Labute approximate surface area is 130 Å². The Morgan fingerprint density at radius 2 is 1.90 bits per heavy atom. The van der Waals surface area contributed by atoms with Gasteiger partial charge in [0.15, 0.2) is 0 Å². The fourth-order valence-electron chi connectivity index (χ4n) is 1.73. The minimum absolute atomic E-state index is 0.484. The van der Waals surface area contributed by atoms with E-state index in [0.717, 1.165) is 10.0 Å². The summed E-state index contributed by atoms with van der Waals surface area (Å²) in [5.41, 5.74) is 1.59. The van der Waals surface area contributed by atoms with Crippen LogP contribution in [0.5, 0.6) is 5.75 Å². The molecule has 0 bridgehead atoms. The van der Waals surface area contributed by atoms with Gasteiger partial charge >= 0.3 is 5.97 Å². The molecule has 0 saturated heterocycles. The lowest BCUT2D eigenvalue weighted by atomic mass is 10.1. The maximum Gasteiger partial charge on any atom is 0.349 e. The van der Waals surface area contributed by atoms with Crippen LogP contribution in [0.1, 0.15) is 17.2 Å². The summed E-state index contributed by atoms with van der Waals surface area (Å²) in [4.78, 5) is 11.4. The van der Waals surface area contributed by atoms with Crippen LogP contribution in [0.15, 0.2) is 46.9 Å². The lowest BCUT2D eigenvalue weighted by Gasteiger charge is -2.17. The van der Waals surface area contributed by atoms with E-state index in [9.17, 15) is 9.90 Å². The molecule has 20 heavy (non-hydrogen) atoms. The molecular formula is C15H12BrClO3. The van der Waals surface area contributed by atoms with Crippen LogP contribution in [0.4, 0.5) is 0 Å². The van der Waals surface area contributed by atoms with E-state index >= 15 is 0 Å². The minimum Gasteiger partial charge on any atom is -0.478 e. The third-order valence-electron chi connectivity index (χ3n) is 2.73. The van der Waals surface area contributed by atoms with Gasteiger partial charge in [-0.3, -0.25) is 0 Å². The second-order valence-electron chi connectivity index (χ2n) is 4.32. The number of aryl methyl sites for hydroxylation is 1. The maximum atomic E-state index is 11.4. The van der Waals surface area contributed by atoms with Crippen molar-refractivity contribution in [2.75, 3.05) is 0 Å². The highest BCUT2D eigenvalue weighted by molar-refractivity contribution is 9.10. The number of carboxylic acid groups (broad SMARTS) is 1. The van der Waals surface area contributed by atoms with Crippen molar-refractivity contribution in [1.82, 2.24) is 0 Å². The summed E-state index contributed by atoms with van der Waals surface area (Å²) in [6.07, 6.45) is -1.08. The van der Waals surface area contributed by atoms with Crippen LogP contribution in [0, 0.1) is 6.92 Å². The molecule has 1 unspecified atom stereocenters. The van der Waals surface area contributed by atoms with Gasteiger partial charge in [-0.25, -0.2) is 4.79 Å². The summed E-state index contributed by atoms with van der Waals surface area (Å²) < 4.78 is 6.32. The summed E-state index contributed by atoms with van der Waals surface area (Å²) in [7, 11) is 0. The third-order valence-corrected chi connectivity index (χ3v) is 3.60. The van der Waals surface area contributed by atoms with Gasteiger partial charge < -0.3 is 9.84 Å². The molecule has 2 rings (SSSR count). The third kappa shape index (κ3) is 3.52. The van der Waals surface area contributed by atoms with Crippen molar-refractivity contribution in [3.8, 4) is 5.75 Å². The normalized spacial score (nSPS) is 11.9. The fourth-order valence-corrected chi connectivity index (χ4v) is 2.44. The predicted octanol–water partition coefficient (Wildman–Crippen LogP) is 4.62. The van der Waals surface area contributed by atoms with E-state index in [4.69, 9.17) is 16.3 Å². The number of ether oxygens (including phenoxy) is 1. The molecule has 1 atom stereocenters. The van der Waals surface area contributed by atoms with Gasteiger partial charge in [-0.2, -0.15) is 0 Å². The van der Waals surface area contributed by atoms with Crippen molar-refractivity contribution in [3.05, 3.63) is 63.1 Å². The molecule has 0 fully saturated rings. The van der Waals surface area contributed by atoms with Crippen LogP contribution in [-0.4, -0.2) is 11.1 Å².